The fraction of sp³-hybridized carbons (Fsp3) is 0.737. The summed E-state index contributed by atoms with van der Waals surface area (Å²) in [6.07, 6.45) is 69.0. The van der Waals surface area contributed by atoms with Crippen LogP contribution in [0.1, 0.15) is 358 Å². The van der Waals surface area contributed by atoms with Gasteiger partial charge in [-0.2, -0.15) is 0 Å². The second kappa shape index (κ2) is 52.1. The molecule has 0 heterocycles. The molecule has 0 bridgehead atoms. The van der Waals surface area contributed by atoms with Crippen molar-refractivity contribution in [1.29, 1.82) is 0 Å². The standard InChI is InChI=1S/2C38H64O3S.Ca/c2*1-3-5-7-9-11-13-15-17-19-21-23-25-27-34-31-36-29-30-38(42(39,40)41)33-37(36)32-35(34)28-26-24-22-20-18-16-14-12-10-8-6-4-2;/h2*29-33H,3-28H2,1-2H3,(H,39,40,41);/q;;+2/p-2. The summed E-state index contributed by atoms with van der Waals surface area (Å²) < 4.78 is 69.7. The summed E-state index contributed by atoms with van der Waals surface area (Å²) in [5, 5.41) is 3.82. The minimum atomic E-state index is -4.44. The molecule has 0 radical (unpaired) electrons. The quantitative estimate of drug-likeness (QED) is 0.0247. The van der Waals surface area contributed by atoms with Crippen molar-refractivity contribution in [2.75, 3.05) is 0 Å². The Kier molecular flexibility index (Phi) is 48.8. The molecule has 0 aliphatic carbocycles. The molecule has 0 unspecified atom stereocenters. The van der Waals surface area contributed by atoms with Gasteiger partial charge < -0.3 is 9.11 Å². The van der Waals surface area contributed by atoms with E-state index in [1.807, 2.05) is 0 Å². The molecule has 0 fully saturated rings. The van der Waals surface area contributed by atoms with E-state index >= 15 is 0 Å². The van der Waals surface area contributed by atoms with Crippen LogP contribution in [0.4, 0.5) is 0 Å². The van der Waals surface area contributed by atoms with Crippen LogP contribution in [0.15, 0.2) is 70.5 Å². The van der Waals surface area contributed by atoms with Gasteiger partial charge in [0.2, 0.25) is 0 Å². The van der Waals surface area contributed by atoms with Gasteiger partial charge in [-0.3, -0.25) is 0 Å². The molecule has 4 rings (SSSR count). The fourth-order valence-electron chi connectivity index (χ4n) is 12.6. The Labute approximate surface area is 555 Å². The molecular formula is C76H126CaO6S2. The maximum absolute atomic E-state index is 11.6. The Balaban J connectivity index is 0.000000573. The van der Waals surface area contributed by atoms with E-state index in [1.54, 1.807) is 24.3 Å². The van der Waals surface area contributed by atoms with E-state index in [1.165, 1.54) is 343 Å². The van der Waals surface area contributed by atoms with E-state index in [9.17, 15) is 25.9 Å². The SMILES string of the molecule is CCCCCCCCCCCCCCc1cc2ccc(S(=O)(=O)[O-])cc2cc1CCCCCCCCCCCCCC.CCCCCCCCCCCCCCc1cc2ccc(S(=O)(=O)[O-])cc2cc1CCCCCCCCCCCCCC.[Ca+2]. The molecule has 9 heteroatoms. The molecule has 0 aliphatic rings. The third-order valence-corrected chi connectivity index (χ3v) is 19.7. The number of benzene rings is 4. The Hall–Kier alpha value is -1.52. The minimum Gasteiger partial charge on any atom is -0.744 e. The number of unbranched alkanes of at least 4 members (excludes halogenated alkanes) is 44. The molecule has 4 aromatic carbocycles. The molecule has 0 N–H and O–H groups in total. The molecule has 0 atom stereocenters. The second-order valence-electron chi connectivity index (χ2n) is 25.7. The molecule has 0 spiro atoms. The maximum Gasteiger partial charge on any atom is 2.00 e. The van der Waals surface area contributed by atoms with Crippen molar-refractivity contribution in [2.45, 2.75) is 371 Å². The van der Waals surface area contributed by atoms with E-state index in [0.29, 0.717) is 0 Å². The predicted molar refractivity (Wildman–Crippen MR) is 369 cm³/mol. The number of hydrogen-bond donors (Lipinski definition) is 0. The van der Waals surface area contributed by atoms with Crippen LogP contribution in [0.25, 0.3) is 21.5 Å². The van der Waals surface area contributed by atoms with E-state index in [4.69, 9.17) is 0 Å². The summed E-state index contributed by atoms with van der Waals surface area (Å²) in [4.78, 5) is -0.250. The van der Waals surface area contributed by atoms with Gasteiger partial charge in [0.15, 0.2) is 0 Å². The molecule has 0 saturated carbocycles. The van der Waals surface area contributed by atoms with Crippen LogP contribution in [0.2, 0.25) is 0 Å². The van der Waals surface area contributed by atoms with Crippen LogP contribution in [0.5, 0.6) is 0 Å². The zero-order chi connectivity index (χ0) is 60.6. The van der Waals surface area contributed by atoms with Crippen molar-refractivity contribution in [3.05, 3.63) is 82.9 Å². The summed E-state index contributed by atoms with van der Waals surface area (Å²) in [5.41, 5.74) is 5.52. The number of aryl methyl sites for hydroxylation is 4. The molecule has 0 saturated heterocycles. The van der Waals surface area contributed by atoms with E-state index in [0.717, 1.165) is 47.2 Å². The summed E-state index contributed by atoms with van der Waals surface area (Å²) in [6, 6.07) is 18.5. The summed E-state index contributed by atoms with van der Waals surface area (Å²) in [5.74, 6) is 0. The monoisotopic (exact) mass is 1240 g/mol. The summed E-state index contributed by atoms with van der Waals surface area (Å²) >= 11 is 0. The van der Waals surface area contributed by atoms with Gasteiger partial charge in [-0.1, -0.05) is 347 Å². The molecular weight excluding hydrogens is 1110 g/mol. The van der Waals surface area contributed by atoms with Crippen LogP contribution in [0, 0.1) is 0 Å². The molecule has 480 valence electrons. The summed E-state index contributed by atoms with van der Waals surface area (Å²) in [6.45, 7) is 9.11. The smallest absolute Gasteiger partial charge is 0.744 e. The van der Waals surface area contributed by atoms with E-state index in [-0.39, 0.29) is 47.5 Å². The van der Waals surface area contributed by atoms with Crippen LogP contribution in [0.3, 0.4) is 0 Å². The van der Waals surface area contributed by atoms with Crippen molar-refractivity contribution >= 4 is 79.5 Å². The number of fused-ring (bicyclic) bond motifs is 2. The van der Waals surface area contributed by atoms with Gasteiger partial charge in [-0.05, 0) is 119 Å². The van der Waals surface area contributed by atoms with Crippen molar-refractivity contribution in [3.63, 3.8) is 0 Å². The molecule has 4 aromatic rings. The topological polar surface area (TPSA) is 114 Å². The largest absolute Gasteiger partial charge is 2.00 e. The maximum atomic E-state index is 11.6. The first kappa shape index (κ1) is 79.6. The predicted octanol–water partition coefficient (Wildman–Crippen LogP) is 24.1. The Morgan fingerprint density at radius 1 is 0.235 bits per heavy atom. The zero-order valence-electron chi connectivity index (χ0n) is 55.5. The third kappa shape index (κ3) is 39.4. The molecule has 0 aliphatic heterocycles. The van der Waals surface area contributed by atoms with Crippen LogP contribution < -0.4 is 0 Å². The third-order valence-electron chi connectivity index (χ3n) is 18.0. The first-order valence-corrected chi connectivity index (χ1v) is 38.8. The Morgan fingerprint density at radius 2 is 0.400 bits per heavy atom. The van der Waals surface area contributed by atoms with Gasteiger partial charge in [0, 0.05) is 0 Å². The van der Waals surface area contributed by atoms with Crippen LogP contribution >= 0.6 is 0 Å². The average Bonchev–Trinajstić information content (AvgIpc) is 3.16. The summed E-state index contributed by atoms with van der Waals surface area (Å²) in [7, 11) is -8.88. The first-order chi connectivity index (χ1) is 40.9. The second-order valence-corrected chi connectivity index (χ2v) is 28.5. The minimum absolute atomic E-state index is 0. The first-order valence-electron chi connectivity index (χ1n) is 35.9. The van der Waals surface area contributed by atoms with Crippen molar-refractivity contribution in [2.24, 2.45) is 0 Å². The Morgan fingerprint density at radius 3 is 0.576 bits per heavy atom. The number of rotatable bonds is 54. The van der Waals surface area contributed by atoms with Gasteiger partial charge in [-0.25, -0.2) is 16.8 Å². The molecule has 6 nitrogen and oxygen atoms in total. The van der Waals surface area contributed by atoms with Gasteiger partial charge >= 0.3 is 37.7 Å². The van der Waals surface area contributed by atoms with Crippen molar-refractivity contribution in [1.82, 2.24) is 0 Å². The molecule has 0 amide bonds. The Bertz CT molecular complexity index is 2300. The fourth-order valence-corrected chi connectivity index (χ4v) is 13.6. The van der Waals surface area contributed by atoms with Crippen molar-refractivity contribution in [3.8, 4) is 0 Å². The van der Waals surface area contributed by atoms with Gasteiger partial charge in [0.1, 0.15) is 20.2 Å². The molecule has 0 aromatic heterocycles. The van der Waals surface area contributed by atoms with Crippen LogP contribution in [-0.4, -0.2) is 63.7 Å². The van der Waals surface area contributed by atoms with Gasteiger partial charge in [-0.15, -0.1) is 0 Å². The normalized spacial score (nSPS) is 11.8. The average molecular weight is 1240 g/mol. The van der Waals surface area contributed by atoms with Crippen LogP contribution in [-0.2, 0) is 45.9 Å². The van der Waals surface area contributed by atoms with Gasteiger partial charge in [0.05, 0.1) is 9.79 Å². The zero-order valence-corrected chi connectivity index (χ0v) is 59.4. The molecule has 85 heavy (non-hydrogen) atoms. The van der Waals surface area contributed by atoms with E-state index < -0.39 is 20.2 Å². The van der Waals surface area contributed by atoms with Crippen molar-refractivity contribution < 1.29 is 25.9 Å². The number of hydrogen-bond acceptors (Lipinski definition) is 6. The van der Waals surface area contributed by atoms with E-state index in [2.05, 4.69) is 52.0 Å². The van der Waals surface area contributed by atoms with Gasteiger partial charge in [0.25, 0.3) is 0 Å².